The smallest absolute Gasteiger partial charge is 0.252 e. The molecule has 0 aromatic heterocycles. The highest BCUT2D eigenvalue weighted by Crippen LogP contribution is 2.65. The maximum Gasteiger partial charge on any atom is 0.252 e. The molecule has 2 heterocycles. The summed E-state index contributed by atoms with van der Waals surface area (Å²) in [5.41, 5.74) is 22.1. The standard InChI is InChI=1S/C45H45BN2/c1-26-11-27(2)15-36(14-26)47-39-10-8-7-9-38(39)46-43-31(6)13-30(5)18-40(43)48(37-16-28(3)12-29(4)17-37)42-22-35(21-41(47)44(42)46)45-23-32-19-33(24-45)34(20-32)25-45/h7-18,21-22,32-34H,19-20,23-25H2,1-6H3. The summed E-state index contributed by atoms with van der Waals surface area (Å²) in [6, 6.07) is 33.8. The fourth-order valence-corrected chi connectivity index (χ4v) is 11.6. The monoisotopic (exact) mass is 624 g/mol. The summed E-state index contributed by atoms with van der Waals surface area (Å²) in [4.78, 5) is 5.30. The molecule has 4 saturated carbocycles. The van der Waals surface area contributed by atoms with Crippen LogP contribution in [0.15, 0.2) is 84.9 Å². The van der Waals surface area contributed by atoms with Crippen molar-refractivity contribution in [3.05, 3.63) is 124 Å². The van der Waals surface area contributed by atoms with Gasteiger partial charge in [0.05, 0.1) is 0 Å². The average Bonchev–Trinajstić information content (AvgIpc) is 3.45. The molecule has 0 radical (unpaired) electrons. The number of hydrogen-bond donors (Lipinski definition) is 0. The number of nitrogens with zero attached hydrogens (tertiary/aromatic N) is 2. The number of fused-ring (bicyclic) bond motifs is 4. The highest BCUT2D eigenvalue weighted by atomic mass is 15.2. The summed E-state index contributed by atoms with van der Waals surface area (Å²) in [5.74, 6) is 2.74. The number of aryl methyl sites for hydroxylation is 6. The molecule has 6 aliphatic rings. The van der Waals surface area contributed by atoms with Crippen LogP contribution in [0.1, 0.15) is 71.0 Å². The molecule has 2 atom stereocenters. The van der Waals surface area contributed by atoms with Gasteiger partial charge in [-0.3, -0.25) is 0 Å². The van der Waals surface area contributed by atoms with Crippen molar-refractivity contribution in [3.63, 3.8) is 0 Å². The van der Waals surface area contributed by atoms with Gasteiger partial charge in [-0.2, -0.15) is 0 Å². The molecular formula is C45H45BN2. The Morgan fingerprint density at radius 2 is 1.06 bits per heavy atom. The second-order valence-electron chi connectivity index (χ2n) is 16.5. The second kappa shape index (κ2) is 9.91. The van der Waals surface area contributed by atoms with Crippen LogP contribution in [-0.2, 0) is 5.41 Å². The summed E-state index contributed by atoms with van der Waals surface area (Å²) >= 11 is 0. The topological polar surface area (TPSA) is 6.48 Å². The molecule has 0 spiro atoms. The molecule has 0 saturated heterocycles. The van der Waals surface area contributed by atoms with Gasteiger partial charge in [-0.15, -0.1) is 0 Å². The molecule has 2 aliphatic heterocycles. The van der Waals surface area contributed by atoms with Gasteiger partial charge in [0.15, 0.2) is 0 Å². The van der Waals surface area contributed by atoms with E-state index in [1.54, 1.807) is 5.56 Å². The van der Waals surface area contributed by atoms with Gasteiger partial charge in [0.1, 0.15) is 0 Å². The molecule has 238 valence electrons. The first-order valence-corrected chi connectivity index (χ1v) is 18.3. The minimum atomic E-state index is 0.175. The van der Waals surface area contributed by atoms with Crippen LogP contribution in [-0.4, -0.2) is 6.71 Å². The van der Waals surface area contributed by atoms with Gasteiger partial charge in [0.2, 0.25) is 0 Å². The van der Waals surface area contributed by atoms with E-state index in [9.17, 15) is 0 Å². The summed E-state index contributed by atoms with van der Waals surface area (Å²) in [7, 11) is 0. The Hall–Kier alpha value is -4.24. The zero-order valence-electron chi connectivity index (χ0n) is 29.3. The molecule has 11 rings (SSSR count). The van der Waals surface area contributed by atoms with E-state index < -0.39 is 0 Å². The SMILES string of the molecule is Cc1cc(C)cc(N2c3ccccc3B3c4c(C)cc(C)cc4N(c4cc(C)cc(C)c4)c4cc(C56CC7CC(C5)C(C7)C6)cc2c43)c1. The highest BCUT2D eigenvalue weighted by molar-refractivity contribution is 7.00. The summed E-state index contributed by atoms with van der Waals surface area (Å²) in [6.45, 7) is 13.8. The van der Waals surface area contributed by atoms with E-state index in [2.05, 4.69) is 136 Å². The third-order valence-electron chi connectivity index (χ3n) is 12.9. The molecule has 4 aliphatic carbocycles. The molecule has 4 fully saturated rings. The van der Waals surface area contributed by atoms with E-state index in [4.69, 9.17) is 0 Å². The van der Waals surface area contributed by atoms with Crippen molar-refractivity contribution in [2.24, 2.45) is 17.8 Å². The van der Waals surface area contributed by atoms with Crippen LogP contribution in [0.4, 0.5) is 34.1 Å². The normalized spacial score (nSPS) is 24.2. The predicted octanol–water partition coefficient (Wildman–Crippen LogP) is 9.70. The Morgan fingerprint density at radius 1 is 0.542 bits per heavy atom. The number of hydrogen-bond acceptors (Lipinski definition) is 2. The summed E-state index contributed by atoms with van der Waals surface area (Å²) < 4.78 is 0. The van der Waals surface area contributed by atoms with Crippen molar-refractivity contribution >= 4 is 57.2 Å². The van der Waals surface area contributed by atoms with Gasteiger partial charge in [-0.25, -0.2) is 0 Å². The summed E-state index contributed by atoms with van der Waals surface area (Å²) in [5, 5.41) is 0. The first-order chi connectivity index (χ1) is 23.2. The third kappa shape index (κ3) is 4.00. The van der Waals surface area contributed by atoms with Crippen LogP contribution in [0.3, 0.4) is 0 Å². The van der Waals surface area contributed by atoms with E-state index in [0.29, 0.717) is 5.41 Å². The minimum absolute atomic E-state index is 0.175. The van der Waals surface area contributed by atoms with E-state index in [1.165, 1.54) is 116 Å². The maximum atomic E-state index is 2.69. The predicted molar refractivity (Wildman–Crippen MR) is 204 cm³/mol. The molecule has 2 nitrogen and oxygen atoms in total. The molecule has 4 bridgehead atoms. The molecule has 5 aromatic rings. The van der Waals surface area contributed by atoms with Gasteiger partial charge in [0, 0.05) is 34.1 Å². The van der Waals surface area contributed by atoms with E-state index >= 15 is 0 Å². The molecular weight excluding hydrogens is 579 g/mol. The lowest BCUT2D eigenvalue weighted by Gasteiger charge is -2.47. The van der Waals surface area contributed by atoms with E-state index in [-0.39, 0.29) is 6.71 Å². The highest BCUT2D eigenvalue weighted by Gasteiger charge is 2.57. The fraction of sp³-hybridized carbons (Fsp3) is 0.333. The maximum absolute atomic E-state index is 2.69. The first-order valence-electron chi connectivity index (χ1n) is 18.3. The van der Waals surface area contributed by atoms with Crippen LogP contribution in [0.5, 0.6) is 0 Å². The number of para-hydroxylation sites is 1. The Balaban J connectivity index is 1.34. The van der Waals surface area contributed by atoms with Gasteiger partial charge >= 0.3 is 0 Å². The van der Waals surface area contributed by atoms with E-state index in [1.807, 2.05) is 0 Å². The zero-order valence-corrected chi connectivity index (χ0v) is 29.3. The molecule has 2 unspecified atom stereocenters. The lowest BCUT2D eigenvalue weighted by molar-refractivity contribution is 0.229. The van der Waals surface area contributed by atoms with Crippen molar-refractivity contribution in [2.45, 2.75) is 79.1 Å². The largest absolute Gasteiger partial charge is 0.311 e. The van der Waals surface area contributed by atoms with Gasteiger partial charge in [-0.1, -0.05) is 42.0 Å². The quantitative estimate of drug-likeness (QED) is 0.181. The average molecular weight is 625 g/mol. The van der Waals surface area contributed by atoms with Crippen LogP contribution in [0, 0.1) is 59.3 Å². The molecule has 0 amide bonds. The lowest BCUT2D eigenvalue weighted by Crippen LogP contribution is -2.62. The van der Waals surface area contributed by atoms with Crippen molar-refractivity contribution in [1.29, 1.82) is 0 Å². The zero-order chi connectivity index (χ0) is 32.6. The molecule has 48 heavy (non-hydrogen) atoms. The van der Waals surface area contributed by atoms with Crippen LogP contribution >= 0.6 is 0 Å². The minimum Gasteiger partial charge on any atom is -0.311 e. The number of benzene rings is 5. The fourth-order valence-electron chi connectivity index (χ4n) is 11.6. The van der Waals surface area contributed by atoms with Crippen molar-refractivity contribution in [1.82, 2.24) is 0 Å². The lowest BCUT2D eigenvalue weighted by atomic mass is 9.32. The van der Waals surface area contributed by atoms with Gasteiger partial charge in [-0.05, 0) is 195 Å². The third-order valence-corrected chi connectivity index (χ3v) is 12.9. The molecule has 5 aromatic carbocycles. The Morgan fingerprint density at radius 3 is 1.65 bits per heavy atom. The molecule has 0 N–H and O–H groups in total. The van der Waals surface area contributed by atoms with Crippen LogP contribution in [0.25, 0.3) is 0 Å². The first kappa shape index (κ1) is 28.7. The van der Waals surface area contributed by atoms with Crippen molar-refractivity contribution in [3.8, 4) is 0 Å². The number of rotatable bonds is 3. The van der Waals surface area contributed by atoms with Gasteiger partial charge in [0.25, 0.3) is 6.71 Å². The van der Waals surface area contributed by atoms with Crippen LogP contribution < -0.4 is 26.2 Å². The summed E-state index contributed by atoms with van der Waals surface area (Å²) in [6.07, 6.45) is 7.03. The Bertz CT molecular complexity index is 2130. The molecule has 3 heteroatoms. The second-order valence-corrected chi connectivity index (χ2v) is 16.5. The van der Waals surface area contributed by atoms with Crippen LogP contribution in [0.2, 0.25) is 0 Å². The van der Waals surface area contributed by atoms with Crippen molar-refractivity contribution in [2.75, 3.05) is 9.80 Å². The Kier molecular flexibility index (Phi) is 5.93. The Labute approximate surface area is 286 Å². The van der Waals surface area contributed by atoms with Gasteiger partial charge < -0.3 is 9.80 Å². The van der Waals surface area contributed by atoms with Crippen molar-refractivity contribution < 1.29 is 0 Å². The number of anilines is 6. The van der Waals surface area contributed by atoms with E-state index in [0.717, 1.165) is 17.8 Å².